The molecule has 0 aromatic heterocycles. The largest absolute Gasteiger partial charge is 0.452 e. The summed E-state index contributed by atoms with van der Waals surface area (Å²) in [6.07, 6.45) is 0. The van der Waals surface area contributed by atoms with Crippen molar-refractivity contribution < 1.29 is 19.1 Å². The first-order valence-corrected chi connectivity index (χ1v) is 7.52. The molecule has 0 radical (unpaired) electrons. The highest BCUT2D eigenvalue weighted by molar-refractivity contribution is 5.99. The molecule has 0 saturated heterocycles. The number of hydrogen-bond donors (Lipinski definition) is 1. The van der Waals surface area contributed by atoms with Crippen molar-refractivity contribution in [2.75, 3.05) is 11.9 Å². The van der Waals surface area contributed by atoms with Crippen LogP contribution in [0.3, 0.4) is 0 Å². The molecule has 1 N–H and O–H groups in total. The van der Waals surface area contributed by atoms with Gasteiger partial charge in [-0.2, -0.15) is 0 Å². The number of ketones is 1. The molecule has 0 spiro atoms. The zero-order valence-corrected chi connectivity index (χ0v) is 13.9. The molecule has 0 heterocycles. The van der Waals surface area contributed by atoms with Crippen LogP contribution in [0.2, 0.25) is 0 Å². The molecule has 0 aliphatic rings. The lowest BCUT2D eigenvalue weighted by molar-refractivity contribution is -0.119. The van der Waals surface area contributed by atoms with Crippen LogP contribution in [0.1, 0.15) is 38.8 Å². The summed E-state index contributed by atoms with van der Waals surface area (Å²) in [5, 5.41) is 2.72. The summed E-state index contributed by atoms with van der Waals surface area (Å²) in [7, 11) is 0. The molecule has 5 heteroatoms. The fraction of sp³-hybridized carbons (Fsp3) is 0.211. The molecule has 0 atom stereocenters. The predicted octanol–water partition coefficient (Wildman–Crippen LogP) is 3.30. The van der Waals surface area contributed by atoms with Crippen LogP contribution in [0.5, 0.6) is 0 Å². The summed E-state index contributed by atoms with van der Waals surface area (Å²) in [5.74, 6) is -1.20. The van der Waals surface area contributed by atoms with Gasteiger partial charge in [-0.1, -0.05) is 24.3 Å². The van der Waals surface area contributed by atoms with Crippen molar-refractivity contribution in [3.8, 4) is 0 Å². The topological polar surface area (TPSA) is 72.5 Å². The smallest absolute Gasteiger partial charge is 0.338 e. The van der Waals surface area contributed by atoms with Crippen LogP contribution in [0.15, 0.2) is 42.5 Å². The standard InChI is InChI=1S/C19H19NO4/c1-12-6-4-9-17(13(12)2)20-18(22)11-24-19(23)16-8-5-7-15(10-16)14(3)21/h4-10H,11H2,1-3H3,(H,20,22). The van der Waals surface area contributed by atoms with Crippen LogP contribution in [-0.2, 0) is 9.53 Å². The summed E-state index contributed by atoms with van der Waals surface area (Å²) in [6, 6.07) is 11.8. The summed E-state index contributed by atoms with van der Waals surface area (Å²) in [6.45, 7) is 4.88. The molecule has 2 rings (SSSR count). The van der Waals surface area contributed by atoms with E-state index in [-0.39, 0.29) is 11.3 Å². The second kappa shape index (κ2) is 7.55. The van der Waals surface area contributed by atoms with Crippen LogP contribution in [0.4, 0.5) is 5.69 Å². The average molecular weight is 325 g/mol. The van der Waals surface area contributed by atoms with E-state index in [0.29, 0.717) is 11.3 Å². The van der Waals surface area contributed by atoms with Crippen LogP contribution in [-0.4, -0.2) is 24.3 Å². The Morgan fingerprint density at radius 1 is 1.00 bits per heavy atom. The van der Waals surface area contributed by atoms with Crippen molar-refractivity contribution in [2.45, 2.75) is 20.8 Å². The van der Waals surface area contributed by atoms with Crippen LogP contribution >= 0.6 is 0 Å². The number of amides is 1. The summed E-state index contributed by atoms with van der Waals surface area (Å²) in [4.78, 5) is 35.3. The van der Waals surface area contributed by atoms with E-state index in [1.165, 1.54) is 19.1 Å². The quantitative estimate of drug-likeness (QED) is 0.676. The number of esters is 1. The minimum absolute atomic E-state index is 0.141. The highest BCUT2D eigenvalue weighted by Crippen LogP contribution is 2.17. The van der Waals surface area contributed by atoms with Crippen molar-refractivity contribution >= 4 is 23.3 Å². The van der Waals surface area contributed by atoms with Gasteiger partial charge in [0.1, 0.15) is 0 Å². The van der Waals surface area contributed by atoms with Gasteiger partial charge in [-0.05, 0) is 50.1 Å². The molecule has 0 bridgehead atoms. The SMILES string of the molecule is CC(=O)c1cccc(C(=O)OCC(=O)Nc2cccc(C)c2C)c1. The van der Waals surface area contributed by atoms with E-state index in [1.807, 2.05) is 26.0 Å². The number of nitrogens with one attached hydrogen (secondary N) is 1. The molecule has 24 heavy (non-hydrogen) atoms. The Morgan fingerprint density at radius 3 is 2.38 bits per heavy atom. The minimum Gasteiger partial charge on any atom is -0.452 e. The highest BCUT2D eigenvalue weighted by atomic mass is 16.5. The summed E-state index contributed by atoms with van der Waals surface area (Å²) < 4.78 is 5.00. The Morgan fingerprint density at radius 2 is 1.67 bits per heavy atom. The average Bonchev–Trinajstić information content (AvgIpc) is 2.57. The van der Waals surface area contributed by atoms with Gasteiger partial charge < -0.3 is 10.1 Å². The van der Waals surface area contributed by atoms with E-state index in [9.17, 15) is 14.4 Å². The van der Waals surface area contributed by atoms with Gasteiger partial charge in [0, 0.05) is 11.3 Å². The molecular weight excluding hydrogens is 306 g/mol. The number of hydrogen-bond acceptors (Lipinski definition) is 4. The first-order valence-electron chi connectivity index (χ1n) is 7.52. The molecule has 1 amide bonds. The number of Topliss-reactive ketones (excluding diaryl/α,β-unsaturated/α-hetero) is 1. The number of benzene rings is 2. The number of ether oxygens (including phenoxy) is 1. The van der Waals surface area contributed by atoms with E-state index < -0.39 is 18.5 Å². The van der Waals surface area contributed by atoms with Crippen molar-refractivity contribution in [2.24, 2.45) is 0 Å². The maximum Gasteiger partial charge on any atom is 0.338 e. The van der Waals surface area contributed by atoms with Crippen LogP contribution in [0.25, 0.3) is 0 Å². The van der Waals surface area contributed by atoms with E-state index in [0.717, 1.165) is 11.1 Å². The highest BCUT2D eigenvalue weighted by Gasteiger charge is 2.12. The molecule has 124 valence electrons. The molecule has 0 fully saturated rings. The van der Waals surface area contributed by atoms with Gasteiger partial charge in [-0.15, -0.1) is 0 Å². The molecule has 2 aromatic rings. The van der Waals surface area contributed by atoms with Crippen LogP contribution < -0.4 is 5.32 Å². The first kappa shape index (κ1) is 17.4. The van der Waals surface area contributed by atoms with Crippen molar-refractivity contribution in [1.82, 2.24) is 0 Å². The second-order valence-corrected chi connectivity index (χ2v) is 5.51. The molecule has 0 aliphatic heterocycles. The first-order chi connectivity index (χ1) is 11.4. The normalized spacial score (nSPS) is 10.1. The zero-order chi connectivity index (χ0) is 17.7. The maximum atomic E-state index is 12.0. The van der Waals surface area contributed by atoms with Crippen LogP contribution in [0, 0.1) is 13.8 Å². The van der Waals surface area contributed by atoms with Gasteiger partial charge in [0.15, 0.2) is 12.4 Å². The van der Waals surface area contributed by atoms with E-state index in [2.05, 4.69) is 5.32 Å². The molecular formula is C19H19NO4. The lowest BCUT2D eigenvalue weighted by Gasteiger charge is -2.10. The Hall–Kier alpha value is -2.95. The van der Waals surface area contributed by atoms with E-state index >= 15 is 0 Å². The molecule has 5 nitrogen and oxygen atoms in total. The number of carbonyl (C=O) groups is 3. The summed E-state index contributed by atoms with van der Waals surface area (Å²) >= 11 is 0. The van der Waals surface area contributed by atoms with Gasteiger partial charge >= 0.3 is 5.97 Å². The van der Waals surface area contributed by atoms with Gasteiger partial charge in [0.25, 0.3) is 5.91 Å². The lowest BCUT2D eigenvalue weighted by Crippen LogP contribution is -2.21. The zero-order valence-electron chi connectivity index (χ0n) is 13.9. The number of anilines is 1. The van der Waals surface area contributed by atoms with Gasteiger partial charge in [-0.3, -0.25) is 9.59 Å². The number of aryl methyl sites for hydroxylation is 1. The van der Waals surface area contributed by atoms with Gasteiger partial charge in [0.2, 0.25) is 0 Å². The third-order valence-electron chi connectivity index (χ3n) is 3.72. The third kappa shape index (κ3) is 4.29. The van der Waals surface area contributed by atoms with Crippen molar-refractivity contribution in [1.29, 1.82) is 0 Å². The number of rotatable bonds is 5. The van der Waals surface area contributed by atoms with E-state index in [1.54, 1.807) is 18.2 Å². The number of carbonyl (C=O) groups excluding carboxylic acids is 3. The Labute approximate surface area is 140 Å². The maximum absolute atomic E-state index is 12.0. The minimum atomic E-state index is -0.644. The van der Waals surface area contributed by atoms with Gasteiger partial charge in [0.05, 0.1) is 5.56 Å². The second-order valence-electron chi connectivity index (χ2n) is 5.51. The molecule has 0 aliphatic carbocycles. The summed E-state index contributed by atoms with van der Waals surface area (Å²) in [5.41, 5.74) is 3.37. The monoisotopic (exact) mass is 325 g/mol. The van der Waals surface area contributed by atoms with E-state index in [4.69, 9.17) is 4.74 Å². The fourth-order valence-electron chi connectivity index (χ4n) is 2.15. The Balaban J connectivity index is 1.96. The third-order valence-corrected chi connectivity index (χ3v) is 3.72. The fourth-order valence-corrected chi connectivity index (χ4v) is 2.15. The lowest BCUT2D eigenvalue weighted by atomic mass is 10.1. The Kier molecular flexibility index (Phi) is 5.47. The van der Waals surface area contributed by atoms with Crippen molar-refractivity contribution in [3.05, 3.63) is 64.7 Å². The molecule has 2 aromatic carbocycles. The molecule has 0 unspecified atom stereocenters. The van der Waals surface area contributed by atoms with Gasteiger partial charge in [-0.25, -0.2) is 4.79 Å². The predicted molar refractivity (Wildman–Crippen MR) is 91.3 cm³/mol. The Bertz CT molecular complexity index is 796. The van der Waals surface area contributed by atoms with Crippen molar-refractivity contribution in [3.63, 3.8) is 0 Å². The molecule has 0 saturated carbocycles.